The molecule has 1 unspecified atom stereocenters. The highest BCUT2D eigenvalue weighted by molar-refractivity contribution is 5.57. The summed E-state index contributed by atoms with van der Waals surface area (Å²) in [5, 5.41) is 2.77. The van der Waals surface area contributed by atoms with Crippen molar-refractivity contribution in [3.8, 4) is 0 Å². The van der Waals surface area contributed by atoms with Gasteiger partial charge in [0, 0.05) is 36.6 Å². The lowest BCUT2D eigenvalue weighted by Crippen LogP contribution is -2.27. The number of aryl methyl sites for hydroxylation is 1. The maximum atomic E-state index is 13.5. The Morgan fingerprint density at radius 2 is 2.04 bits per heavy atom. The molecule has 0 radical (unpaired) electrons. The van der Waals surface area contributed by atoms with Crippen molar-refractivity contribution in [3.05, 3.63) is 41.3 Å². The van der Waals surface area contributed by atoms with Crippen LogP contribution >= 0.6 is 0 Å². The van der Waals surface area contributed by atoms with Crippen LogP contribution in [0.3, 0.4) is 0 Å². The van der Waals surface area contributed by atoms with Crippen molar-refractivity contribution < 1.29 is 17.6 Å². The van der Waals surface area contributed by atoms with E-state index in [-0.39, 0.29) is 17.7 Å². The summed E-state index contributed by atoms with van der Waals surface area (Å²) in [6.07, 6.45) is -2.35. The number of nitrogens with two attached hydrogens (primary N) is 1. The first kappa shape index (κ1) is 19.3. The van der Waals surface area contributed by atoms with E-state index in [1.54, 1.807) is 0 Å². The van der Waals surface area contributed by atoms with Gasteiger partial charge in [-0.2, -0.15) is 18.2 Å². The third-order valence-electron chi connectivity index (χ3n) is 4.35. The van der Waals surface area contributed by atoms with E-state index in [0.717, 1.165) is 37.2 Å². The van der Waals surface area contributed by atoms with Crippen LogP contribution in [0.25, 0.3) is 0 Å². The summed E-state index contributed by atoms with van der Waals surface area (Å²) in [7, 11) is 0. The third-order valence-corrected chi connectivity index (χ3v) is 4.35. The van der Waals surface area contributed by atoms with Crippen molar-refractivity contribution in [1.29, 1.82) is 0 Å². The van der Waals surface area contributed by atoms with Gasteiger partial charge in [-0.3, -0.25) is 0 Å². The molecule has 9 heteroatoms. The Morgan fingerprint density at radius 3 is 2.67 bits per heavy atom. The van der Waals surface area contributed by atoms with E-state index < -0.39 is 17.6 Å². The largest absolute Gasteiger partial charge is 0.419 e. The molecule has 1 saturated heterocycles. The Balaban J connectivity index is 1.91. The zero-order valence-corrected chi connectivity index (χ0v) is 14.9. The molecule has 1 aromatic carbocycles. The molecule has 0 spiro atoms. The molecular formula is C18H21F4N5. The Bertz CT molecular complexity index is 809. The van der Waals surface area contributed by atoms with Gasteiger partial charge in [-0.05, 0) is 31.0 Å². The van der Waals surface area contributed by atoms with E-state index >= 15 is 0 Å². The summed E-state index contributed by atoms with van der Waals surface area (Å²) in [4.78, 5) is 10.8. The highest BCUT2D eigenvalue weighted by atomic mass is 19.4. The van der Waals surface area contributed by atoms with Crippen LogP contribution in [-0.4, -0.2) is 29.1 Å². The molecule has 0 aliphatic carbocycles. The second-order valence-corrected chi connectivity index (χ2v) is 6.60. The number of aromatic nitrogens is 2. The van der Waals surface area contributed by atoms with Crippen LogP contribution in [0, 0.1) is 5.82 Å². The molecule has 3 N–H and O–H groups in total. The molecule has 0 saturated carbocycles. The molecule has 146 valence electrons. The van der Waals surface area contributed by atoms with Gasteiger partial charge in [0.1, 0.15) is 11.6 Å². The predicted octanol–water partition coefficient (Wildman–Crippen LogP) is 3.87. The van der Waals surface area contributed by atoms with Crippen LogP contribution in [-0.2, 0) is 12.6 Å². The fourth-order valence-electron chi connectivity index (χ4n) is 3.03. The zero-order valence-electron chi connectivity index (χ0n) is 14.9. The third kappa shape index (κ3) is 4.65. The molecule has 5 nitrogen and oxygen atoms in total. The van der Waals surface area contributed by atoms with Crippen molar-refractivity contribution in [1.82, 2.24) is 9.97 Å². The van der Waals surface area contributed by atoms with Gasteiger partial charge in [-0.25, -0.2) is 9.37 Å². The van der Waals surface area contributed by atoms with Crippen LogP contribution in [0.2, 0.25) is 0 Å². The van der Waals surface area contributed by atoms with E-state index in [9.17, 15) is 17.6 Å². The van der Waals surface area contributed by atoms with E-state index in [1.165, 1.54) is 6.07 Å². The average Bonchev–Trinajstić information content (AvgIpc) is 3.02. The van der Waals surface area contributed by atoms with Crippen molar-refractivity contribution >= 4 is 17.5 Å². The predicted molar refractivity (Wildman–Crippen MR) is 95.5 cm³/mol. The van der Waals surface area contributed by atoms with Crippen LogP contribution in [0.4, 0.5) is 35.0 Å². The van der Waals surface area contributed by atoms with Gasteiger partial charge in [-0.1, -0.05) is 13.3 Å². The summed E-state index contributed by atoms with van der Waals surface area (Å²) in [6, 6.07) is 4.67. The first-order valence-corrected chi connectivity index (χ1v) is 8.78. The molecule has 27 heavy (non-hydrogen) atoms. The maximum absolute atomic E-state index is 13.5. The Labute approximate surface area is 154 Å². The second kappa shape index (κ2) is 7.67. The minimum Gasteiger partial charge on any atom is -0.355 e. The Hall–Kier alpha value is -2.42. The number of rotatable bonds is 5. The smallest absolute Gasteiger partial charge is 0.355 e. The summed E-state index contributed by atoms with van der Waals surface area (Å²) < 4.78 is 52.2. The van der Waals surface area contributed by atoms with Crippen molar-refractivity contribution in [2.45, 2.75) is 38.4 Å². The summed E-state index contributed by atoms with van der Waals surface area (Å²) in [5.74, 6) is -0.460. The fraction of sp³-hybridized carbons (Fsp3) is 0.444. The van der Waals surface area contributed by atoms with E-state index in [2.05, 4.69) is 15.3 Å². The molecule has 0 amide bonds. The molecule has 2 aromatic rings. The van der Waals surface area contributed by atoms with E-state index in [0.29, 0.717) is 18.8 Å². The Morgan fingerprint density at radius 1 is 1.26 bits per heavy atom. The number of anilines is 3. The quantitative estimate of drug-likeness (QED) is 0.768. The van der Waals surface area contributed by atoms with Gasteiger partial charge in [0.25, 0.3) is 0 Å². The molecular weight excluding hydrogens is 362 g/mol. The van der Waals surface area contributed by atoms with E-state index in [1.807, 2.05) is 17.9 Å². The van der Waals surface area contributed by atoms with Gasteiger partial charge in [-0.15, -0.1) is 0 Å². The lowest BCUT2D eigenvalue weighted by Gasteiger charge is -2.19. The molecule has 1 atom stereocenters. The summed E-state index contributed by atoms with van der Waals surface area (Å²) in [6.45, 7) is 3.44. The lowest BCUT2D eigenvalue weighted by atomic mass is 10.2. The number of benzene rings is 1. The molecule has 0 bridgehead atoms. The van der Waals surface area contributed by atoms with Gasteiger partial charge < -0.3 is 16.0 Å². The number of hydrogen-bond donors (Lipinski definition) is 2. The molecule has 1 aliphatic heterocycles. The van der Waals surface area contributed by atoms with Crippen molar-refractivity contribution in [2.24, 2.45) is 5.73 Å². The first-order chi connectivity index (χ1) is 12.8. The standard InChI is InChI=1S/C18H21F4N5/c1-2-3-12-9-16(27-7-6-11(23)10-27)26-17(24-12)25-13-4-5-15(19)14(8-13)18(20,21)22/h4-5,8-9,11H,2-3,6-7,10,23H2,1H3,(H,24,25,26). The fourth-order valence-corrected chi connectivity index (χ4v) is 3.03. The number of hydrogen-bond acceptors (Lipinski definition) is 5. The topological polar surface area (TPSA) is 67.1 Å². The molecule has 1 aliphatic rings. The molecule has 3 rings (SSSR count). The second-order valence-electron chi connectivity index (χ2n) is 6.60. The first-order valence-electron chi connectivity index (χ1n) is 8.78. The molecule has 1 fully saturated rings. The van der Waals surface area contributed by atoms with Crippen LogP contribution in [0.1, 0.15) is 31.0 Å². The van der Waals surface area contributed by atoms with Crippen molar-refractivity contribution in [2.75, 3.05) is 23.3 Å². The van der Waals surface area contributed by atoms with Crippen LogP contribution in [0.15, 0.2) is 24.3 Å². The van der Waals surface area contributed by atoms with Crippen LogP contribution in [0.5, 0.6) is 0 Å². The average molecular weight is 383 g/mol. The zero-order chi connectivity index (χ0) is 19.6. The normalized spacial score (nSPS) is 17.4. The number of halogens is 4. The number of alkyl halides is 3. The summed E-state index contributed by atoms with van der Waals surface area (Å²) >= 11 is 0. The van der Waals surface area contributed by atoms with Gasteiger partial charge in [0.2, 0.25) is 5.95 Å². The maximum Gasteiger partial charge on any atom is 0.419 e. The minimum absolute atomic E-state index is 0.0671. The van der Waals surface area contributed by atoms with Crippen molar-refractivity contribution in [3.63, 3.8) is 0 Å². The SMILES string of the molecule is CCCc1cc(N2CCC(N)C2)nc(Nc2ccc(F)c(C(F)(F)F)c2)n1. The van der Waals surface area contributed by atoms with Gasteiger partial charge >= 0.3 is 6.18 Å². The number of nitrogens with one attached hydrogen (secondary N) is 1. The minimum atomic E-state index is -4.77. The highest BCUT2D eigenvalue weighted by Gasteiger charge is 2.34. The highest BCUT2D eigenvalue weighted by Crippen LogP contribution is 2.33. The summed E-state index contributed by atoms with van der Waals surface area (Å²) in [5.41, 5.74) is 5.47. The monoisotopic (exact) mass is 383 g/mol. The molecule has 2 heterocycles. The molecule has 1 aromatic heterocycles. The van der Waals surface area contributed by atoms with E-state index in [4.69, 9.17) is 5.73 Å². The van der Waals surface area contributed by atoms with Gasteiger partial charge in [0.15, 0.2) is 0 Å². The Kier molecular flexibility index (Phi) is 5.50. The van der Waals surface area contributed by atoms with Crippen LogP contribution < -0.4 is 16.0 Å². The van der Waals surface area contributed by atoms with Gasteiger partial charge in [0.05, 0.1) is 5.56 Å². The number of nitrogens with zero attached hydrogens (tertiary/aromatic N) is 3. The lowest BCUT2D eigenvalue weighted by molar-refractivity contribution is -0.139.